The van der Waals surface area contributed by atoms with E-state index in [4.69, 9.17) is 14.2 Å². The van der Waals surface area contributed by atoms with Crippen molar-refractivity contribution in [1.29, 1.82) is 0 Å². The van der Waals surface area contributed by atoms with Crippen molar-refractivity contribution in [1.82, 2.24) is 0 Å². The van der Waals surface area contributed by atoms with Crippen molar-refractivity contribution in [2.45, 2.75) is 26.3 Å². The Bertz CT molecular complexity index is 1570. The third-order valence-electron chi connectivity index (χ3n) is 6.92. The summed E-state index contributed by atoms with van der Waals surface area (Å²) in [4.78, 5) is 12.6. The number of ether oxygens (including phenoxy) is 3. The number of esters is 1. The topological polar surface area (TPSA) is 68.8 Å². The number of rotatable bonds is 8. The Morgan fingerprint density at radius 3 is 2.35 bits per heavy atom. The minimum absolute atomic E-state index is 0.201. The molecule has 1 heterocycles. The number of carbonyl (C=O) groups is 1. The summed E-state index contributed by atoms with van der Waals surface area (Å²) in [5, 5.41) is 7.17. The van der Waals surface area contributed by atoms with E-state index in [1.54, 1.807) is 38.5 Å². The van der Waals surface area contributed by atoms with Gasteiger partial charge in [0.25, 0.3) is 0 Å². The molecule has 0 saturated heterocycles. The quantitative estimate of drug-likeness (QED) is 0.179. The first-order valence-corrected chi connectivity index (χ1v) is 13.2. The molecular weight excluding hydrogens is 500 g/mol. The number of carbonyl (C=O) groups excluding carboxylic acids is 1. The van der Waals surface area contributed by atoms with Crippen molar-refractivity contribution in [2.75, 3.05) is 31.4 Å². The molecule has 6 nitrogen and oxygen atoms in total. The standard InChI is InChI=1S/C34H34N2O4/c1-22-10-12-23(13-11-22)33(37)40-26-15-16-27(32(19-26)39-5)24-14-17-29-28(18-24)25(20-34(2,3)36-29)21-35-30-8-6-7-9-31(30)38-4/h6-20,35-36H,21H2,1-5H3. The normalized spacial score (nSPS) is 13.4. The molecule has 5 rings (SSSR count). The Kier molecular flexibility index (Phi) is 7.52. The molecule has 2 N–H and O–H groups in total. The van der Waals surface area contributed by atoms with Crippen LogP contribution in [0.3, 0.4) is 0 Å². The molecule has 0 aromatic heterocycles. The van der Waals surface area contributed by atoms with Crippen LogP contribution in [0.5, 0.6) is 17.2 Å². The Morgan fingerprint density at radius 1 is 0.850 bits per heavy atom. The van der Waals surface area contributed by atoms with Gasteiger partial charge in [-0.15, -0.1) is 0 Å². The number of para-hydroxylation sites is 2. The van der Waals surface area contributed by atoms with Gasteiger partial charge in [-0.05, 0) is 80.4 Å². The van der Waals surface area contributed by atoms with Crippen LogP contribution in [0.15, 0.2) is 91.0 Å². The van der Waals surface area contributed by atoms with Crippen LogP contribution in [0.1, 0.15) is 35.3 Å². The lowest BCUT2D eigenvalue weighted by atomic mass is 9.88. The van der Waals surface area contributed by atoms with E-state index in [-0.39, 0.29) is 5.54 Å². The molecule has 4 aromatic rings. The van der Waals surface area contributed by atoms with Crippen molar-refractivity contribution in [3.63, 3.8) is 0 Å². The molecule has 0 spiro atoms. The summed E-state index contributed by atoms with van der Waals surface area (Å²) in [6, 6.07) is 27.0. The Hall–Kier alpha value is -4.71. The molecule has 4 aromatic carbocycles. The van der Waals surface area contributed by atoms with Gasteiger partial charge in [0, 0.05) is 29.4 Å². The molecule has 0 aliphatic carbocycles. The fraction of sp³-hybridized carbons (Fsp3) is 0.206. The van der Waals surface area contributed by atoms with Gasteiger partial charge < -0.3 is 24.8 Å². The molecule has 1 aliphatic heterocycles. The number of aryl methyl sites for hydroxylation is 1. The minimum Gasteiger partial charge on any atom is -0.496 e. The van der Waals surface area contributed by atoms with E-state index < -0.39 is 5.97 Å². The number of hydrogen-bond acceptors (Lipinski definition) is 6. The first kappa shape index (κ1) is 26.9. The first-order chi connectivity index (χ1) is 19.3. The van der Waals surface area contributed by atoms with Crippen molar-refractivity contribution in [2.24, 2.45) is 0 Å². The van der Waals surface area contributed by atoms with Gasteiger partial charge in [0.1, 0.15) is 17.2 Å². The lowest BCUT2D eigenvalue weighted by molar-refractivity contribution is 0.0734. The van der Waals surface area contributed by atoms with Crippen LogP contribution in [0.2, 0.25) is 0 Å². The monoisotopic (exact) mass is 534 g/mol. The molecule has 0 amide bonds. The lowest BCUT2D eigenvalue weighted by Gasteiger charge is -2.33. The fourth-order valence-electron chi connectivity index (χ4n) is 4.94. The summed E-state index contributed by atoms with van der Waals surface area (Å²) in [5.41, 5.74) is 7.57. The van der Waals surface area contributed by atoms with Crippen LogP contribution in [-0.4, -0.2) is 32.3 Å². The number of hydrogen-bond donors (Lipinski definition) is 2. The third-order valence-corrected chi connectivity index (χ3v) is 6.92. The van der Waals surface area contributed by atoms with Gasteiger partial charge in [0.2, 0.25) is 0 Å². The minimum atomic E-state index is -0.408. The van der Waals surface area contributed by atoms with Gasteiger partial charge in [-0.25, -0.2) is 4.79 Å². The van der Waals surface area contributed by atoms with Crippen LogP contribution < -0.4 is 24.8 Å². The second kappa shape index (κ2) is 11.2. The van der Waals surface area contributed by atoms with Crippen molar-refractivity contribution in [3.8, 4) is 28.4 Å². The lowest BCUT2D eigenvalue weighted by Crippen LogP contribution is -2.32. The predicted molar refractivity (Wildman–Crippen MR) is 162 cm³/mol. The summed E-state index contributed by atoms with van der Waals surface area (Å²) in [6.45, 7) is 6.93. The molecule has 0 unspecified atom stereocenters. The first-order valence-electron chi connectivity index (χ1n) is 13.2. The summed E-state index contributed by atoms with van der Waals surface area (Å²) in [6.07, 6.45) is 2.26. The predicted octanol–water partition coefficient (Wildman–Crippen LogP) is 7.60. The zero-order valence-corrected chi connectivity index (χ0v) is 23.5. The van der Waals surface area contributed by atoms with E-state index >= 15 is 0 Å². The Labute approximate surface area is 235 Å². The largest absolute Gasteiger partial charge is 0.496 e. The van der Waals surface area contributed by atoms with E-state index in [9.17, 15) is 4.79 Å². The Morgan fingerprint density at radius 2 is 1.60 bits per heavy atom. The maximum Gasteiger partial charge on any atom is 0.343 e. The summed E-state index contributed by atoms with van der Waals surface area (Å²) in [7, 11) is 3.30. The highest BCUT2D eigenvalue weighted by Crippen LogP contribution is 2.40. The van der Waals surface area contributed by atoms with Crippen molar-refractivity contribution >= 4 is 22.9 Å². The summed E-state index contributed by atoms with van der Waals surface area (Å²) < 4.78 is 16.9. The van der Waals surface area contributed by atoms with Gasteiger partial charge in [-0.3, -0.25) is 0 Å². The molecule has 40 heavy (non-hydrogen) atoms. The van der Waals surface area contributed by atoms with E-state index in [2.05, 4.69) is 48.8 Å². The SMILES string of the molecule is COc1ccccc1NCC1=CC(C)(C)Nc2ccc(-c3ccc(OC(=O)c4ccc(C)cc4)cc3OC)cc21. The van der Waals surface area contributed by atoms with Crippen molar-refractivity contribution in [3.05, 3.63) is 108 Å². The van der Waals surface area contributed by atoms with E-state index in [0.29, 0.717) is 23.6 Å². The number of methoxy groups -OCH3 is 2. The number of benzene rings is 4. The molecule has 6 heteroatoms. The molecule has 0 radical (unpaired) electrons. The number of anilines is 2. The van der Waals surface area contributed by atoms with Crippen molar-refractivity contribution < 1.29 is 19.0 Å². The van der Waals surface area contributed by atoms with Gasteiger partial charge in [0.05, 0.1) is 31.0 Å². The highest BCUT2D eigenvalue weighted by molar-refractivity contribution is 5.91. The molecule has 0 bridgehead atoms. The second-order valence-electron chi connectivity index (χ2n) is 10.4. The van der Waals surface area contributed by atoms with Crippen LogP contribution in [-0.2, 0) is 0 Å². The highest BCUT2D eigenvalue weighted by atomic mass is 16.5. The third kappa shape index (κ3) is 5.81. The van der Waals surface area contributed by atoms with Crippen LogP contribution in [0.4, 0.5) is 11.4 Å². The summed E-state index contributed by atoms with van der Waals surface area (Å²) in [5.74, 6) is 1.44. The van der Waals surface area contributed by atoms with Gasteiger partial charge in [-0.2, -0.15) is 0 Å². The van der Waals surface area contributed by atoms with E-state index in [0.717, 1.165) is 39.4 Å². The zero-order chi connectivity index (χ0) is 28.3. The maximum atomic E-state index is 12.6. The van der Waals surface area contributed by atoms with E-state index in [1.807, 2.05) is 49.4 Å². The molecule has 0 saturated carbocycles. The molecule has 0 atom stereocenters. The van der Waals surface area contributed by atoms with Crippen LogP contribution >= 0.6 is 0 Å². The average molecular weight is 535 g/mol. The van der Waals surface area contributed by atoms with E-state index in [1.165, 1.54) is 5.57 Å². The second-order valence-corrected chi connectivity index (χ2v) is 10.4. The van der Waals surface area contributed by atoms with Crippen LogP contribution in [0.25, 0.3) is 16.7 Å². The summed E-state index contributed by atoms with van der Waals surface area (Å²) >= 11 is 0. The molecule has 0 fully saturated rings. The molecule has 204 valence electrons. The van der Waals surface area contributed by atoms with Gasteiger partial charge in [-0.1, -0.05) is 42.0 Å². The molecule has 1 aliphatic rings. The molecular formula is C34H34N2O4. The zero-order valence-electron chi connectivity index (χ0n) is 23.5. The number of nitrogens with one attached hydrogen (secondary N) is 2. The highest BCUT2D eigenvalue weighted by Gasteiger charge is 2.25. The maximum absolute atomic E-state index is 12.6. The average Bonchev–Trinajstić information content (AvgIpc) is 2.95. The Balaban J connectivity index is 1.42. The van der Waals surface area contributed by atoms with Crippen LogP contribution in [0, 0.1) is 6.92 Å². The smallest absolute Gasteiger partial charge is 0.343 e. The van der Waals surface area contributed by atoms with Gasteiger partial charge in [0.15, 0.2) is 0 Å². The fourth-order valence-corrected chi connectivity index (χ4v) is 4.94. The van der Waals surface area contributed by atoms with Gasteiger partial charge >= 0.3 is 5.97 Å². The number of fused-ring (bicyclic) bond motifs is 1.